The van der Waals surface area contributed by atoms with Crippen molar-refractivity contribution in [2.24, 2.45) is 0 Å². The molecule has 2 aromatic heterocycles. The number of fused-ring (bicyclic) bond motifs is 13. The van der Waals surface area contributed by atoms with Gasteiger partial charge in [-0.1, -0.05) is 231 Å². The third-order valence-corrected chi connectivity index (χ3v) is 22.5. The predicted molar refractivity (Wildman–Crippen MR) is 393 cm³/mol. The van der Waals surface area contributed by atoms with Gasteiger partial charge in [-0.15, -0.1) is 22.7 Å². The summed E-state index contributed by atoms with van der Waals surface area (Å²) < 4.78 is 5.13. The third kappa shape index (κ3) is 7.97. The van der Waals surface area contributed by atoms with Crippen LogP contribution in [0.3, 0.4) is 0 Å². The normalized spacial score (nSPS) is 13.4. The Bertz CT molecular complexity index is 5200. The smallest absolute Gasteiger partial charge is 0.0714 e. The Morgan fingerprint density at radius 2 is 0.543 bits per heavy atom. The molecule has 2 aliphatic rings. The van der Waals surface area contributed by atoms with Gasteiger partial charge in [-0.3, -0.25) is 0 Å². The summed E-state index contributed by atoms with van der Waals surface area (Å²) >= 11 is 3.79. The average molecular weight is 1210 g/mol. The van der Waals surface area contributed by atoms with E-state index in [0.29, 0.717) is 0 Å². The molecule has 0 fully saturated rings. The lowest BCUT2D eigenvalue weighted by molar-refractivity contribution is 0.768. The topological polar surface area (TPSA) is 6.48 Å². The summed E-state index contributed by atoms with van der Waals surface area (Å²) in [5, 5.41) is 7.65. The molecule has 4 heteroatoms. The second-order valence-electron chi connectivity index (χ2n) is 25.3. The van der Waals surface area contributed by atoms with Crippen LogP contribution >= 0.6 is 22.7 Å². The van der Waals surface area contributed by atoms with Crippen molar-refractivity contribution in [2.45, 2.75) is 38.5 Å². The largest absolute Gasteiger partial charge is 0.310 e. The molecule has 0 amide bonds. The third-order valence-electron chi connectivity index (χ3n) is 20.2. The lowest BCUT2D eigenvalue weighted by atomic mass is 9.67. The molecule has 18 rings (SSSR count). The fourth-order valence-corrected chi connectivity index (χ4v) is 18.7. The predicted octanol–water partition coefficient (Wildman–Crippen LogP) is 24.5. The molecule has 2 aliphatic carbocycles. The van der Waals surface area contributed by atoms with E-state index in [4.69, 9.17) is 0 Å². The van der Waals surface area contributed by atoms with Gasteiger partial charge in [0.2, 0.25) is 0 Å². The second-order valence-corrected chi connectivity index (χ2v) is 27.4. The maximum atomic E-state index is 2.51. The van der Waals surface area contributed by atoms with Crippen LogP contribution in [0.15, 0.2) is 303 Å². The Morgan fingerprint density at radius 1 is 0.239 bits per heavy atom. The molecule has 0 N–H and O–H groups in total. The molecular weight excluding hydrogens is 1150 g/mol. The van der Waals surface area contributed by atoms with Crippen molar-refractivity contribution in [1.82, 2.24) is 0 Å². The highest BCUT2D eigenvalue weighted by Crippen LogP contribution is 2.59. The van der Waals surface area contributed by atoms with E-state index in [1.165, 1.54) is 152 Å². The minimum atomic E-state index is -0.515. The van der Waals surface area contributed by atoms with Crippen molar-refractivity contribution in [3.63, 3.8) is 0 Å². The summed E-state index contributed by atoms with van der Waals surface area (Å²) in [5.41, 5.74) is 26.3. The molecule has 2 heterocycles. The zero-order valence-corrected chi connectivity index (χ0v) is 53.2. The number of aryl methyl sites for hydroxylation is 4. The van der Waals surface area contributed by atoms with E-state index < -0.39 is 10.8 Å². The first-order chi connectivity index (χ1) is 45.2. The molecule has 0 unspecified atom stereocenters. The van der Waals surface area contributed by atoms with Gasteiger partial charge in [0.25, 0.3) is 0 Å². The summed E-state index contributed by atoms with van der Waals surface area (Å²) in [6, 6.07) is 115. The zero-order valence-electron chi connectivity index (χ0n) is 51.6. The Kier molecular flexibility index (Phi) is 12.4. The first kappa shape index (κ1) is 54.3. The lowest BCUT2D eigenvalue weighted by Crippen LogP contribution is -2.28. The van der Waals surface area contributed by atoms with Crippen LogP contribution in [0.25, 0.3) is 73.4 Å². The van der Waals surface area contributed by atoms with E-state index in [1.807, 2.05) is 22.7 Å². The number of nitrogens with zero attached hydrogens (tertiary/aromatic N) is 2. The highest BCUT2D eigenvalue weighted by atomic mass is 32.1. The van der Waals surface area contributed by atoms with Crippen molar-refractivity contribution in [3.05, 3.63) is 370 Å². The summed E-state index contributed by atoms with van der Waals surface area (Å²) in [5.74, 6) is 0. The van der Waals surface area contributed by atoms with Gasteiger partial charge >= 0.3 is 0 Å². The fourth-order valence-electron chi connectivity index (χ4n) is 16.4. The van der Waals surface area contributed by atoms with Crippen LogP contribution in [0.5, 0.6) is 0 Å². The van der Waals surface area contributed by atoms with Gasteiger partial charge in [-0.2, -0.15) is 0 Å². The van der Waals surface area contributed by atoms with Gasteiger partial charge in [0, 0.05) is 63.1 Å². The standard InChI is InChI=1S/C88H62N2S2/c1-55-23-19-24-56(2)85(55)89(65-33-21-31-63(51-65)87(61-27-7-5-8-28-61)77-39-15-11-35-69(77)70-36-12-16-40-78(70)87)67-43-45-73-75-47-59-48-76-74-46-44-68(54-84(74)92-82(76)50-60(59)49-81(75)91-83(73)53-67)90(86-57(3)25-20-26-58(86)4)66-34-22-32-64(52-66)88(62-29-9-6-10-30-62)79-41-17-13-37-71(79)72-38-14-18-42-80(72)88/h5-54H,1-4H3. The molecular formula is C88H62N2S2. The van der Waals surface area contributed by atoms with Crippen molar-refractivity contribution >= 4 is 108 Å². The van der Waals surface area contributed by atoms with Crippen LogP contribution in [0.4, 0.5) is 34.1 Å². The maximum Gasteiger partial charge on any atom is 0.0714 e. The van der Waals surface area contributed by atoms with Gasteiger partial charge in [0.15, 0.2) is 0 Å². The number of rotatable bonds is 10. The Labute approximate surface area is 544 Å². The number of para-hydroxylation sites is 2. The number of hydrogen-bond acceptors (Lipinski definition) is 4. The highest BCUT2D eigenvalue weighted by molar-refractivity contribution is 7.26. The highest BCUT2D eigenvalue weighted by Gasteiger charge is 2.48. The number of anilines is 6. The molecule has 0 aliphatic heterocycles. The van der Waals surface area contributed by atoms with Crippen LogP contribution in [-0.4, -0.2) is 0 Å². The van der Waals surface area contributed by atoms with Gasteiger partial charge in [0.1, 0.15) is 0 Å². The van der Waals surface area contributed by atoms with Crippen LogP contribution in [0.1, 0.15) is 66.8 Å². The molecule has 0 saturated heterocycles. The fraction of sp³-hybridized carbons (Fsp3) is 0.0682. The van der Waals surface area contributed by atoms with E-state index in [9.17, 15) is 0 Å². The van der Waals surface area contributed by atoms with Crippen LogP contribution in [0.2, 0.25) is 0 Å². The van der Waals surface area contributed by atoms with Gasteiger partial charge in [0.05, 0.1) is 22.2 Å². The maximum absolute atomic E-state index is 2.51. The molecule has 16 aromatic rings. The van der Waals surface area contributed by atoms with E-state index in [1.54, 1.807) is 0 Å². The molecule has 0 bridgehead atoms. The molecule has 14 aromatic carbocycles. The van der Waals surface area contributed by atoms with Crippen molar-refractivity contribution in [1.29, 1.82) is 0 Å². The number of hydrogen-bond donors (Lipinski definition) is 0. The summed E-state index contributed by atoms with van der Waals surface area (Å²) in [7, 11) is 0. The van der Waals surface area contributed by atoms with Crippen molar-refractivity contribution in [2.75, 3.05) is 9.80 Å². The van der Waals surface area contributed by atoms with Crippen molar-refractivity contribution < 1.29 is 0 Å². The number of benzene rings is 14. The summed E-state index contributed by atoms with van der Waals surface area (Å²) in [4.78, 5) is 5.03. The Hall–Kier alpha value is -10.6. The quantitative estimate of drug-likeness (QED) is 0.135. The van der Waals surface area contributed by atoms with Gasteiger partial charge < -0.3 is 9.80 Å². The minimum Gasteiger partial charge on any atom is -0.310 e. The monoisotopic (exact) mass is 1210 g/mol. The van der Waals surface area contributed by atoms with Crippen LogP contribution in [-0.2, 0) is 10.8 Å². The van der Waals surface area contributed by atoms with Gasteiger partial charge in [-0.05, 0) is 200 Å². The molecule has 0 spiro atoms. The molecule has 0 radical (unpaired) electrons. The second kappa shape index (κ2) is 21.0. The van der Waals surface area contributed by atoms with Gasteiger partial charge in [-0.25, -0.2) is 0 Å². The Balaban J connectivity index is 0.747. The van der Waals surface area contributed by atoms with E-state index in [2.05, 4.69) is 341 Å². The first-order valence-electron chi connectivity index (χ1n) is 32.0. The van der Waals surface area contributed by atoms with E-state index in [-0.39, 0.29) is 0 Å². The lowest BCUT2D eigenvalue weighted by Gasteiger charge is -2.35. The zero-order chi connectivity index (χ0) is 61.4. The Morgan fingerprint density at radius 3 is 0.924 bits per heavy atom. The van der Waals surface area contributed by atoms with Crippen LogP contribution < -0.4 is 9.80 Å². The first-order valence-corrected chi connectivity index (χ1v) is 33.6. The molecule has 92 heavy (non-hydrogen) atoms. The van der Waals surface area contributed by atoms with E-state index >= 15 is 0 Å². The number of thiophene rings is 2. The summed E-state index contributed by atoms with van der Waals surface area (Å²) in [6.45, 7) is 9.01. The molecule has 0 saturated carbocycles. The SMILES string of the molecule is Cc1cccc(C)c1N(c1cccc(C2(c3ccccc3)c3ccccc3-c3ccccc32)c1)c1ccc2c(c1)sc1cc3cc4sc5cc(N(c6cccc(C7(c8ccccc8)c8ccccc8-c8ccccc87)c6)c6c(C)cccc6C)ccc5c4cc3cc12. The molecule has 2 nitrogen and oxygen atoms in total. The molecule has 436 valence electrons. The summed E-state index contributed by atoms with van der Waals surface area (Å²) in [6.07, 6.45) is 0. The van der Waals surface area contributed by atoms with Crippen molar-refractivity contribution in [3.8, 4) is 22.3 Å². The van der Waals surface area contributed by atoms with E-state index in [0.717, 1.165) is 22.7 Å². The molecule has 0 atom stereocenters. The average Bonchev–Trinajstić information content (AvgIpc) is 1.54. The van der Waals surface area contributed by atoms with Crippen LogP contribution in [0, 0.1) is 27.7 Å². The minimum absolute atomic E-state index is 0.515.